The van der Waals surface area contributed by atoms with Gasteiger partial charge in [-0.3, -0.25) is 9.59 Å². The van der Waals surface area contributed by atoms with Crippen molar-refractivity contribution in [3.63, 3.8) is 0 Å². The number of hydrogen-bond donors (Lipinski definition) is 1. The Kier molecular flexibility index (Phi) is 7.34. The molecule has 0 aromatic heterocycles. The first-order chi connectivity index (χ1) is 12.9. The predicted octanol–water partition coefficient (Wildman–Crippen LogP) is 3.07. The van der Waals surface area contributed by atoms with Gasteiger partial charge in [0, 0.05) is 13.1 Å². The van der Waals surface area contributed by atoms with Gasteiger partial charge in [-0.15, -0.1) is 0 Å². The molecule has 0 bridgehead atoms. The number of ether oxygens (including phenoxy) is 1. The van der Waals surface area contributed by atoms with Gasteiger partial charge < -0.3 is 15.0 Å². The summed E-state index contributed by atoms with van der Waals surface area (Å²) in [5.41, 5.74) is 1.76. The standard InChI is InChI=1S/C21H25FN2O3/c1-4-23-21(26)16(3)24(13-17-8-10-18(22)11-9-17)20(25)14-27-19-7-5-6-15(2)12-19/h5-12,16H,4,13-14H2,1-3H3,(H,23,26)/t16-/m0/s1. The van der Waals surface area contributed by atoms with Crippen LogP contribution in [0.3, 0.4) is 0 Å². The average Bonchev–Trinajstić information content (AvgIpc) is 2.65. The Balaban J connectivity index is 2.12. The molecule has 0 spiro atoms. The van der Waals surface area contributed by atoms with Crippen LogP contribution in [0.5, 0.6) is 5.75 Å². The number of halogens is 1. The zero-order chi connectivity index (χ0) is 19.8. The molecule has 0 fully saturated rings. The normalized spacial score (nSPS) is 11.6. The molecular weight excluding hydrogens is 347 g/mol. The highest BCUT2D eigenvalue weighted by Gasteiger charge is 2.26. The second-order valence-electron chi connectivity index (χ2n) is 6.32. The molecule has 6 heteroatoms. The van der Waals surface area contributed by atoms with Gasteiger partial charge in [0.05, 0.1) is 0 Å². The van der Waals surface area contributed by atoms with Crippen molar-refractivity contribution in [3.05, 3.63) is 65.5 Å². The fourth-order valence-electron chi connectivity index (χ4n) is 2.62. The maximum Gasteiger partial charge on any atom is 0.261 e. The van der Waals surface area contributed by atoms with Crippen molar-refractivity contribution in [2.24, 2.45) is 0 Å². The SMILES string of the molecule is CCNC(=O)[C@H](C)N(Cc1ccc(F)cc1)C(=O)COc1cccc(C)c1. The third kappa shape index (κ3) is 6.09. The second-order valence-corrected chi connectivity index (χ2v) is 6.32. The molecule has 0 aliphatic rings. The Morgan fingerprint density at radius 2 is 1.89 bits per heavy atom. The van der Waals surface area contributed by atoms with Gasteiger partial charge in [-0.25, -0.2) is 4.39 Å². The van der Waals surface area contributed by atoms with E-state index >= 15 is 0 Å². The van der Waals surface area contributed by atoms with Crippen molar-refractivity contribution >= 4 is 11.8 Å². The highest BCUT2D eigenvalue weighted by molar-refractivity contribution is 5.87. The molecule has 0 unspecified atom stereocenters. The third-order valence-electron chi connectivity index (χ3n) is 4.14. The van der Waals surface area contributed by atoms with Crippen LogP contribution in [0, 0.1) is 12.7 Å². The van der Waals surface area contributed by atoms with Crippen LogP contribution in [-0.4, -0.2) is 35.9 Å². The van der Waals surface area contributed by atoms with Crippen molar-refractivity contribution in [1.29, 1.82) is 0 Å². The molecule has 1 atom stereocenters. The number of nitrogens with zero attached hydrogens (tertiary/aromatic N) is 1. The van der Waals surface area contributed by atoms with Crippen LogP contribution in [0.4, 0.5) is 4.39 Å². The fraction of sp³-hybridized carbons (Fsp3) is 0.333. The molecule has 144 valence electrons. The van der Waals surface area contributed by atoms with E-state index in [2.05, 4.69) is 5.32 Å². The summed E-state index contributed by atoms with van der Waals surface area (Å²) in [5, 5.41) is 2.72. The van der Waals surface area contributed by atoms with Crippen LogP contribution in [0.1, 0.15) is 25.0 Å². The van der Waals surface area contributed by atoms with E-state index < -0.39 is 6.04 Å². The number of amides is 2. The number of nitrogens with one attached hydrogen (secondary N) is 1. The van der Waals surface area contributed by atoms with E-state index in [1.165, 1.54) is 17.0 Å². The Morgan fingerprint density at radius 3 is 2.52 bits per heavy atom. The molecule has 2 aromatic rings. The van der Waals surface area contributed by atoms with E-state index in [4.69, 9.17) is 4.74 Å². The molecule has 0 radical (unpaired) electrons. The predicted molar refractivity (Wildman–Crippen MR) is 102 cm³/mol. The molecule has 5 nitrogen and oxygen atoms in total. The number of hydrogen-bond acceptors (Lipinski definition) is 3. The van der Waals surface area contributed by atoms with E-state index in [0.29, 0.717) is 12.3 Å². The number of benzene rings is 2. The lowest BCUT2D eigenvalue weighted by Crippen LogP contribution is -2.49. The smallest absolute Gasteiger partial charge is 0.261 e. The molecule has 0 saturated heterocycles. The van der Waals surface area contributed by atoms with E-state index in [0.717, 1.165) is 11.1 Å². The summed E-state index contributed by atoms with van der Waals surface area (Å²) in [6.45, 7) is 5.90. The summed E-state index contributed by atoms with van der Waals surface area (Å²) in [4.78, 5) is 26.5. The average molecular weight is 372 g/mol. The Labute approximate surface area is 159 Å². The van der Waals surface area contributed by atoms with E-state index in [1.807, 2.05) is 32.0 Å². The highest BCUT2D eigenvalue weighted by Crippen LogP contribution is 2.14. The van der Waals surface area contributed by atoms with Crippen LogP contribution in [0.15, 0.2) is 48.5 Å². The monoisotopic (exact) mass is 372 g/mol. The van der Waals surface area contributed by atoms with Crippen molar-refractivity contribution in [3.8, 4) is 5.75 Å². The summed E-state index contributed by atoms with van der Waals surface area (Å²) >= 11 is 0. The van der Waals surface area contributed by atoms with Crippen molar-refractivity contribution < 1.29 is 18.7 Å². The molecule has 0 aliphatic carbocycles. The summed E-state index contributed by atoms with van der Waals surface area (Å²) < 4.78 is 18.7. The van der Waals surface area contributed by atoms with E-state index in [-0.39, 0.29) is 30.8 Å². The molecule has 1 N–H and O–H groups in total. The summed E-state index contributed by atoms with van der Waals surface area (Å²) in [7, 11) is 0. The first-order valence-corrected chi connectivity index (χ1v) is 8.91. The third-order valence-corrected chi connectivity index (χ3v) is 4.14. The van der Waals surface area contributed by atoms with Crippen LogP contribution < -0.4 is 10.1 Å². The van der Waals surface area contributed by atoms with Gasteiger partial charge in [-0.1, -0.05) is 24.3 Å². The largest absolute Gasteiger partial charge is 0.484 e. The topological polar surface area (TPSA) is 58.6 Å². The molecule has 2 rings (SSSR count). The lowest BCUT2D eigenvalue weighted by atomic mass is 10.1. The Bertz CT molecular complexity index is 777. The zero-order valence-corrected chi connectivity index (χ0v) is 15.9. The lowest BCUT2D eigenvalue weighted by Gasteiger charge is -2.28. The molecule has 2 amide bonds. The van der Waals surface area contributed by atoms with Crippen LogP contribution in [0.2, 0.25) is 0 Å². The fourth-order valence-corrected chi connectivity index (χ4v) is 2.62. The highest BCUT2D eigenvalue weighted by atomic mass is 19.1. The number of rotatable bonds is 8. The molecule has 0 heterocycles. The Morgan fingerprint density at radius 1 is 1.19 bits per heavy atom. The number of carbonyl (C=O) groups is 2. The van der Waals surface area contributed by atoms with Gasteiger partial charge in [0.15, 0.2) is 6.61 Å². The molecule has 2 aromatic carbocycles. The molecule has 0 aliphatic heterocycles. The van der Waals surface area contributed by atoms with Gasteiger partial charge in [0.2, 0.25) is 5.91 Å². The lowest BCUT2D eigenvalue weighted by molar-refractivity contribution is -0.142. The zero-order valence-electron chi connectivity index (χ0n) is 15.9. The Hall–Kier alpha value is -2.89. The van der Waals surface area contributed by atoms with E-state index in [9.17, 15) is 14.0 Å². The van der Waals surface area contributed by atoms with Gasteiger partial charge in [0.1, 0.15) is 17.6 Å². The first-order valence-electron chi connectivity index (χ1n) is 8.91. The minimum atomic E-state index is -0.677. The minimum absolute atomic E-state index is 0.186. The van der Waals surface area contributed by atoms with Gasteiger partial charge in [-0.2, -0.15) is 0 Å². The maximum absolute atomic E-state index is 13.1. The number of aryl methyl sites for hydroxylation is 1. The second kappa shape index (κ2) is 9.71. The molecular formula is C21H25FN2O3. The molecule has 0 saturated carbocycles. The summed E-state index contributed by atoms with van der Waals surface area (Å²) in [6, 6.07) is 12.6. The van der Waals surface area contributed by atoms with Crippen LogP contribution in [0.25, 0.3) is 0 Å². The van der Waals surface area contributed by atoms with Gasteiger partial charge in [-0.05, 0) is 56.2 Å². The first kappa shape index (κ1) is 20.4. The number of carbonyl (C=O) groups excluding carboxylic acids is 2. The van der Waals surface area contributed by atoms with Crippen LogP contribution in [-0.2, 0) is 16.1 Å². The van der Waals surface area contributed by atoms with Crippen molar-refractivity contribution in [2.45, 2.75) is 33.4 Å². The van der Waals surface area contributed by atoms with Gasteiger partial charge in [0.25, 0.3) is 5.91 Å². The molecule has 27 heavy (non-hydrogen) atoms. The summed E-state index contributed by atoms with van der Waals surface area (Å²) in [5.74, 6) is -0.324. The van der Waals surface area contributed by atoms with Crippen molar-refractivity contribution in [2.75, 3.05) is 13.2 Å². The summed E-state index contributed by atoms with van der Waals surface area (Å²) in [6.07, 6.45) is 0. The van der Waals surface area contributed by atoms with Crippen LogP contribution >= 0.6 is 0 Å². The quantitative estimate of drug-likeness (QED) is 0.775. The number of likely N-dealkylation sites (N-methyl/N-ethyl adjacent to an activating group) is 1. The minimum Gasteiger partial charge on any atom is -0.484 e. The maximum atomic E-state index is 13.1. The van der Waals surface area contributed by atoms with Crippen molar-refractivity contribution in [1.82, 2.24) is 10.2 Å². The van der Waals surface area contributed by atoms with Gasteiger partial charge >= 0.3 is 0 Å². The van der Waals surface area contributed by atoms with E-state index in [1.54, 1.807) is 25.1 Å².